The Morgan fingerprint density at radius 3 is 2.43 bits per heavy atom. The Bertz CT molecular complexity index is 923. The molecule has 28 heavy (non-hydrogen) atoms. The van der Waals surface area contributed by atoms with E-state index >= 15 is 0 Å². The summed E-state index contributed by atoms with van der Waals surface area (Å²) in [7, 11) is 0. The van der Waals surface area contributed by atoms with Gasteiger partial charge < -0.3 is 15.1 Å². The average Bonchev–Trinajstić information content (AvgIpc) is 3.23. The van der Waals surface area contributed by atoms with Crippen LogP contribution in [-0.4, -0.2) is 27.8 Å². The summed E-state index contributed by atoms with van der Waals surface area (Å²) < 4.78 is 5.01. The van der Waals surface area contributed by atoms with Crippen LogP contribution in [0.5, 0.6) is 0 Å². The average molecular weight is 396 g/mol. The molecule has 0 radical (unpaired) electrons. The second-order valence-electron chi connectivity index (χ2n) is 6.30. The van der Waals surface area contributed by atoms with Gasteiger partial charge in [-0.15, -0.1) is 10.2 Å². The van der Waals surface area contributed by atoms with Crippen molar-refractivity contribution in [1.82, 2.24) is 10.2 Å². The lowest BCUT2D eigenvalue weighted by Crippen LogP contribution is -2.14. The third kappa shape index (κ3) is 5.43. The minimum atomic E-state index is -0.400. The standard InChI is InChI=1S/C20H20N4O3S/c1-13(2)14-5-7-15(8-6-14)21-18(25)12-28-19-10-9-17(23-24-19)22-20(26)16-4-3-11-27-16/h3-11,13H,12H2,1-2H3,(H,21,25)(H,22,23,26). The van der Waals surface area contributed by atoms with Gasteiger partial charge in [0, 0.05) is 5.69 Å². The van der Waals surface area contributed by atoms with E-state index in [0.717, 1.165) is 5.69 Å². The quantitative estimate of drug-likeness (QED) is 0.582. The van der Waals surface area contributed by atoms with Crippen molar-refractivity contribution in [2.45, 2.75) is 24.8 Å². The molecule has 2 N–H and O–H groups in total. The molecule has 0 atom stereocenters. The zero-order valence-corrected chi connectivity index (χ0v) is 16.3. The summed E-state index contributed by atoms with van der Waals surface area (Å²) in [6.45, 7) is 4.25. The first kappa shape index (κ1) is 19.6. The smallest absolute Gasteiger partial charge is 0.292 e. The monoisotopic (exact) mass is 396 g/mol. The van der Waals surface area contributed by atoms with Gasteiger partial charge in [0.2, 0.25) is 5.91 Å². The molecule has 0 bridgehead atoms. The number of carbonyl (C=O) groups is 2. The van der Waals surface area contributed by atoms with Crippen molar-refractivity contribution in [3.63, 3.8) is 0 Å². The first-order chi connectivity index (χ1) is 13.5. The zero-order valence-electron chi connectivity index (χ0n) is 15.5. The van der Waals surface area contributed by atoms with E-state index < -0.39 is 5.91 Å². The van der Waals surface area contributed by atoms with Crippen LogP contribution in [0.4, 0.5) is 11.5 Å². The Kier molecular flexibility index (Phi) is 6.44. The predicted octanol–water partition coefficient (Wildman–Crippen LogP) is 4.18. The van der Waals surface area contributed by atoms with E-state index in [9.17, 15) is 9.59 Å². The van der Waals surface area contributed by atoms with Crippen LogP contribution in [0.1, 0.15) is 35.9 Å². The maximum atomic E-state index is 12.1. The first-order valence-electron chi connectivity index (χ1n) is 8.72. The van der Waals surface area contributed by atoms with E-state index in [2.05, 4.69) is 34.7 Å². The summed E-state index contributed by atoms with van der Waals surface area (Å²) >= 11 is 1.26. The van der Waals surface area contributed by atoms with E-state index in [1.165, 1.54) is 23.6 Å². The molecule has 3 rings (SSSR count). The summed E-state index contributed by atoms with van der Waals surface area (Å²) in [4.78, 5) is 24.0. The van der Waals surface area contributed by atoms with Crippen molar-refractivity contribution in [2.24, 2.45) is 0 Å². The van der Waals surface area contributed by atoms with Crippen molar-refractivity contribution in [1.29, 1.82) is 0 Å². The Labute approximate surface area is 166 Å². The molecule has 2 amide bonds. The van der Waals surface area contributed by atoms with E-state index in [1.807, 2.05) is 24.3 Å². The highest BCUT2D eigenvalue weighted by Gasteiger charge is 2.10. The Morgan fingerprint density at radius 2 is 1.82 bits per heavy atom. The number of anilines is 2. The molecule has 0 spiro atoms. The Morgan fingerprint density at radius 1 is 1.04 bits per heavy atom. The van der Waals surface area contributed by atoms with Crippen LogP contribution in [0.3, 0.4) is 0 Å². The van der Waals surface area contributed by atoms with Crippen LogP contribution in [0.25, 0.3) is 0 Å². The van der Waals surface area contributed by atoms with Gasteiger partial charge in [-0.3, -0.25) is 9.59 Å². The maximum absolute atomic E-state index is 12.1. The van der Waals surface area contributed by atoms with Crippen molar-refractivity contribution in [3.8, 4) is 0 Å². The Balaban J connectivity index is 1.47. The number of amides is 2. The summed E-state index contributed by atoms with van der Waals surface area (Å²) in [5, 5.41) is 14.0. The molecule has 1 aromatic carbocycles. The number of nitrogens with zero attached hydrogens (tertiary/aromatic N) is 2. The van der Waals surface area contributed by atoms with Gasteiger partial charge in [-0.1, -0.05) is 37.7 Å². The molecule has 3 aromatic rings. The number of benzene rings is 1. The number of aromatic nitrogens is 2. The molecule has 8 heteroatoms. The minimum Gasteiger partial charge on any atom is -0.459 e. The molecule has 0 aliphatic heterocycles. The van der Waals surface area contributed by atoms with E-state index in [-0.39, 0.29) is 17.4 Å². The number of thioether (sulfide) groups is 1. The molecule has 0 saturated carbocycles. The van der Waals surface area contributed by atoms with Crippen LogP contribution >= 0.6 is 11.8 Å². The molecule has 144 valence electrons. The topological polar surface area (TPSA) is 97.1 Å². The highest BCUT2D eigenvalue weighted by Crippen LogP contribution is 2.19. The second kappa shape index (κ2) is 9.18. The highest BCUT2D eigenvalue weighted by molar-refractivity contribution is 7.99. The second-order valence-corrected chi connectivity index (χ2v) is 7.30. The van der Waals surface area contributed by atoms with E-state index in [0.29, 0.717) is 16.8 Å². The molecule has 0 fully saturated rings. The zero-order chi connectivity index (χ0) is 19.9. The summed E-state index contributed by atoms with van der Waals surface area (Å²) in [6.07, 6.45) is 1.42. The van der Waals surface area contributed by atoms with Crippen LogP contribution < -0.4 is 10.6 Å². The third-order valence-corrected chi connectivity index (χ3v) is 4.76. The normalized spacial score (nSPS) is 10.7. The lowest BCUT2D eigenvalue weighted by molar-refractivity contribution is -0.113. The number of hydrogen-bond donors (Lipinski definition) is 2. The van der Waals surface area contributed by atoms with Gasteiger partial charge in [0.15, 0.2) is 11.6 Å². The van der Waals surface area contributed by atoms with E-state index in [4.69, 9.17) is 4.42 Å². The third-order valence-electron chi connectivity index (χ3n) is 3.84. The molecule has 0 aliphatic carbocycles. The predicted molar refractivity (Wildman–Crippen MR) is 109 cm³/mol. The fourth-order valence-electron chi connectivity index (χ4n) is 2.34. The number of carbonyl (C=O) groups excluding carboxylic acids is 2. The molecule has 7 nitrogen and oxygen atoms in total. The van der Waals surface area contributed by atoms with Gasteiger partial charge in [0.25, 0.3) is 5.91 Å². The van der Waals surface area contributed by atoms with Crippen LogP contribution in [0, 0.1) is 0 Å². The first-order valence-corrected chi connectivity index (χ1v) is 9.71. The fourth-order valence-corrected chi connectivity index (χ4v) is 2.95. The molecule has 0 saturated heterocycles. The largest absolute Gasteiger partial charge is 0.459 e. The van der Waals surface area contributed by atoms with Gasteiger partial charge in [0.1, 0.15) is 5.03 Å². The van der Waals surface area contributed by atoms with Gasteiger partial charge >= 0.3 is 0 Å². The summed E-state index contributed by atoms with van der Waals surface area (Å²) in [5.74, 6) is 0.630. The molecule has 2 aromatic heterocycles. The summed E-state index contributed by atoms with van der Waals surface area (Å²) in [6, 6.07) is 14.3. The van der Waals surface area contributed by atoms with Gasteiger partial charge in [0.05, 0.1) is 12.0 Å². The van der Waals surface area contributed by atoms with Crippen molar-refractivity contribution in [2.75, 3.05) is 16.4 Å². The lowest BCUT2D eigenvalue weighted by atomic mass is 10.0. The maximum Gasteiger partial charge on any atom is 0.292 e. The molecular formula is C20H20N4O3S. The molecular weight excluding hydrogens is 376 g/mol. The number of furan rings is 1. The van der Waals surface area contributed by atoms with Crippen LogP contribution in [0.2, 0.25) is 0 Å². The highest BCUT2D eigenvalue weighted by atomic mass is 32.2. The lowest BCUT2D eigenvalue weighted by Gasteiger charge is -2.08. The number of hydrogen-bond acceptors (Lipinski definition) is 6. The molecule has 2 heterocycles. The van der Waals surface area contributed by atoms with Crippen molar-refractivity contribution in [3.05, 3.63) is 66.1 Å². The van der Waals surface area contributed by atoms with Gasteiger partial charge in [-0.25, -0.2) is 0 Å². The van der Waals surface area contributed by atoms with Crippen LogP contribution in [-0.2, 0) is 4.79 Å². The fraction of sp³-hybridized carbons (Fsp3) is 0.200. The number of rotatable bonds is 7. The minimum absolute atomic E-state index is 0.126. The van der Waals surface area contributed by atoms with Gasteiger partial charge in [-0.05, 0) is 47.9 Å². The molecule has 0 aliphatic rings. The molecule has 0 unspecified atom stereocenters. The van der Waals surface area contributed by atoms with Crippen molar-refractivity contribution < 1.29 is 14.0 Å². The summed E-state index contributed by atoms with van der Waals surface area (Å²) in [5.41, 5.74) is 1.99. The van der Waals surface area contributed by atoms with E-state index in [1.54, 1.807) is 24.3 Å². The number of nitrogens with one attached hydrogen (secondary N) is 2. The Hall–Kier alpha value is -3.13. The van der Waals surface area contributed by atoms with Gasteiger partial charge in [-0.2, -0.15) is 0 Å². The SMILES string of the molecule is CC(C)c1ccc(NC(=O)CSc2ccc(NC(=O)c3ccco3)nn2)cc1. The van der Waals surface area contributed by atoms with Crippen molar-refractivity contribution >= 4 is 35.1 Å². The van der Waals surface area contributed by atoms with Crippen LogP contribution in [0.15, 0.2) is 64.2 Å².